The van der Waals surface area contributed by atoms with Crippen molar-refractivity contribution in [1.82, 2.24) is 25.2 Å². The maximum absolute atomic E-state index is 14.4. The molecule has 1 saturated heterocycles. The number of carbonyl (C=O) groups is 4. The molecule has 2 aliphatic carbocycles. The Morgan fingerprint density at radius 3 is 2.32 bits per heavy atom. The largest absolute Gasteiger partial charge is 0.488 e. The number of sulfonamides is 1. The Balaban J connectivity index is 1.50. The third kappa shape index (κ3) is 8.82. The number of alkyl carbamates (subject to hydrolysis) is 1. The molecule has 0 radical (unpaired) electrons. The van der Waals surface area contributed by atoms with Crippen molar-refractivity contribution >= 4 is 56.3 Å². The fourth-order valence-corrected chi connectivity index (χ4v) is 7.82. The minimum absolute atomic E-state index is 0.0314. The Labute approximate surface area is 310 Å². The topological polar surface area (TPSA) is 173 Å². The van der Waals surface area contributed by atoms with Crippen LogP contribution in [0, 0.1) is 11.3 Å². The van der Waals surface area contributed by atoms with Gasteiger partial charge in [-0.2, -0.15) is 13.2 Å². The van der Waals surface area contributed by atoms with Crippen LogP contribution in [0.4, 0.5) is 18.0 Å². The van der Waals surface area contributed by atoms with Gasteiger partial charge in [-0.1, -0.05) is 44.5 Å². The second-order valence-corrected chi connectivity index (χ2v) is 18.1. The standard InChI is InChI=1S/C35H43ClF3N5O8S/c1-8-18-16-34(18,30(47)43-53(49,50)20-12-13-20)42-28(45)23-14-19(17-44(23)29(46)27(32(2,3)4)41-31(48)52-33(5,6)7)51-24-15-25(35(37,38)39)40-26-21(24)10-9-11-22(26)36/h8-11,15,18-20,23,27H,1,12-14,16-17H2,2-7H3,(H,41,48)(H,42,45)(H,43,47)/t18-,19-,23-,27-,34+/m1/s1. The van der Waals surface area contributed by atoms with E-state index in [9.17, 15) is 40.8 Å². The summed E-state index contributed by atoms with van der Waals surface area (Å²) in [7, 11) is -3.99. The molecule has 2 aromatic rings. The second kappa shape index (κ2) is 13.9. The van der Waals surface area contributed by atoms with Crippen molar-refractivity contribution < 1.29 is 50.2 Å². The van der Waals surface area contributed by atoms with Gasteiger partial charge in [-0.15, -0.1) is 6.58 Å². The number of alkyl halides is 3. The number of fused-ring (bicyclic) bond motifs is 1. The number of amides is 4. The lowest BCUT2D eigenvalue weighted by Crippen LogP contribution is -2.60. The molecule has 5 rings (SSSR count). The highest BCUT2D eigenvalue weighted by Crippen LogP contribution is 2.46. The van der Waals surface area contributed by atoms with Gasteiger partial charge in [-0.25, -0.2) is 18.2 Å². The lowest BCUT2D eigenvalue weighted by atomic mass is 9.85. The van der Waals surface area contributed by atoms with Gasteiger partial charge in [0.05, 0.1) is 22.3 Å². The number of nitrogens with one attached hydrogen (secondary N) is 3. The number of pyridine rings is 1. The number of rotatable bonds is 10. The summed E-state index contributed by atoms with van der Waals surface area (Å²) in [6.45, 7) is 13.3. The Morgan fingerprint density at radius 1 is 1.11 bits per heavy atom. The predicted octanol–water partition coefficient (Wildman–Crippen LogP) is 4.86. The maximum atomic E-state index is 14.4. The number of likely N-dealkylation sites (tertiary alicyclic amines) is 1. The first-order valence-electron chi connectivity index (χ1n) is 17.0. The molecule has 0 bridgehead atoms. The summed E-state index contributed by atoms with van der Waals surface area (Å²) in [6, 6.07) is 2.39. The zero-order valence-electron chi connectivity index (χ0n) is 30.1. The molecule has 13 nitrogen and oxygen atoms in total. The summed E-state index contributed by atoms with van der Waals surface area (Å²) < 4.78 is 80.7. The number of benzene rings is 1. The SMILES string of the molecule is C=C[C@@H]1C[C@@]1(NC(=O)[C@H]1C[C@@H](Oc2cc(C(F)(F)F)nc3c(Cl)cccc23)CN1C(=O)[C@@H](NC(=O)OC(C)(C)C)C(C)(C)C)C(=O)NS(=O)(=O)C1CC1. The van der Waals surface area contributed by atoms with Crippen LogP contribution in [0.1, 0.15) is 72.9 Å². The minimum atomic E-state index is -4.87. The van der Waals surface area contributed by atoms with Crippen LogP contribution in [-0.2, 0) is 35.3 Å². The van der Waals surface area contributed by atoms with E-state index in [2.05, 4.69) is 26.9 Å². The number of nitrogens with zero attached hydrogens (tertiary/aromatic N) is 2. The number of aromatic nitrogens is 1. The van der Waals surface area contributed by atoms with Crippen molar-refractivity contribution in [3.05, 3.63) is 47.6 Å². The van der Waals surface area contributed by atoms with E-state index in [0.717, 1.165) is 4.90 Å². The van der Waals surface area contributed by atoms with Crippen LogP contribution < -0.4 is 20.1 Å². The molecule has 1 aromatic heterocycles. The summed E-state index contributed by atoms with van der Waals surface area (Å²) in [6.07, 6.45) is -4.90. The van der Waals surface area contributed by atoms with Crippen molar-refractivity contribution in [2.45, 2.75) is 108 Å². The molecule has 1 aliphatic heterocycles. The van der Waals surface area contributed by atoms with Gasteiger partial charge >= 0.3 is 12.3 Å². The molecule has 2 saturated carbocycles. The van der Waals surface area contributed by atoms with E-state index in [1.807, 2.05) is 0 Å². The average molecular weight is 786 g/mol. The third-order valence-corrected chi connectivity index (χ3v) is 11.3. The van der Waals surface area contributed by atoms with E-state index in [1.165, 1.54) is 24.3 Å². The summed E-state index contributed by atoms with van der Waals surface area (Å²) in [5, 5.41) is 4.61. The van der Waals surface area contributed by atoms with Gasteiger partial charge in [0.1, 0.15) is 40.8 Å². The average Bonchev–Trinajstić information content (AvgIpc) is 3.95. The van der Waals surface area contributed by atoms with Crippen molar-refractivity contribution in [3.63, 3.8) is 0 Å². The molecule has 3 fully saturated rings. The van der Waals surface area contributed by atoms with Crippen LogP contribution in [0.25, 0.3) is 10.9 Å². The smallest absolute Gasteiger partial charge is 0.433 e. The summed E-state index contributed by atoms with van der Waals surface area (Å²) in [5.74, 6) is -3.43. The molecular formula is C35H43ClF3N5O8S. The number of para-hydroxylation sites is 1. The highest BCUT2D eigenvalue weighted by atomic mass is 35.5. The predicted molar refractivity (Wildman–Crippen MR) is 188 cm³/mol. The molecule has 53 heavy (non-hydrogen) atoms. The van der Waals surface area contributed by atoms with Crippen LogP contribution in [0.3, 0.4) is 0 Å². The summed E-state index contributed by atoms with van der Waals surface area (Å²) in [4.78, 5) is 59.8. The Hall–Kier alpha value is -4.12. The van der Waals surface area contributed by atoms with E-state index >= 15 is 0 Å². The zero-order valence-corrected chi connectivity index (χ0v) is 31.7. The minimum Gasteiger partial charge on any atom is -0.488 e. The van der Waals surface area contributed by atoms with Crippen molar-refractivity contribution in [3.8, 4) is 5.75 Å². The number of halogens is 4. The van der Waals surface area contributed by atoms with Gasteiger partial charge in [0.2, 0.25) is 21.8 Å². The highest BCUT2D eigenvalue weighted by Gasteiger charge is 2.62. The third-order valence-electron chi connectivity index (χ3n) is 9.21. The lowest BCUT2D eigenvalue weighted by molar-refractivity contribution is -0.143. The van der Waals surface area contributed by atoms with E-state index in [1.54, 1.807) is 41.5 Å². The molecule has 4 amide bonds. The van der Waals surface area contributed by atoms with Crippen LogP contribution in [0.15, 0.2) is 36.9 Å². The molecule has 5 atom stereocenters. The van der Waals surface area contributed by atoms with Crippen LogP contribution in [0.5, 0.6) is 5.75 Å². The van der Waals surface area contributed by atoms with Gasteiger partial charge in [0, 0.05) is 23.8 Å². The normalized spacial score (nSPS) is 23.9. The molecule has 1 aromatic carbocycles. The number of carbonyl (C=O) groups excluding carboxylic acids is 4. The van der Waals surface area contributed by atoms with Crippen LogP contribution >= 0.6 is 11.6 Å². The fraction of sp³-hybridized carbons (Fsp3) is 0.571. The van der Waals surface area contributed by atoms with Crippen molar-refractivity contribution in [2.24, 2.45) is 11.3 Å². The second-order valence-electron chi connectivity index (χ2n) is 15.7. The van der Waals surface area contributed by atoms with Crippen LogP contribution in [0.2, 0.25) is 5.02 Å². The zero-order chi connectivity index (χ0) is 39.5. The maximum Gasteiger partial charge on any atom is 0.433 e. The molecular weight excluding hydrogens is 743 g/mol. The van der Waals surface area contributed by atoms with Gasteiger partial charge in [0.25, 0.3) is 5.91 Å². The highest BCUT2D eigenvalue weighted by molar-refractivity contribution is 7.91. The van der Waals surface area contributed by atoms with Crippen molar-refractivity contribution in [2.75, 3.05) is 6.54 Å². The molecule has 0 spiro atoms. The van der Waals surface area contributed by atoms with E-state index < -0.39 is 91.6 Å². The number of hydrogen-bond acceptors (Lipinski definition) is 9. The van der Waals surface area contributed by atoms with Crippen LogP contribution in [-0.4, -0.2) is 83.2 Å². The van der Waals surface area contributed by atoms with Gasteiger partial charge in [0.15, 0.2) is 0 Å². The Bertz CT molecular complexity index is 1940. The van der Waals surface area contributed by atoms with Gasteiger partial charge in [-0.3, -0.25) is 19.1 Å². The molecule has 0 unspecified atom stereocenters. The first-order chi connectivity index (χ1) is 24.4. The lowest BCUT2D eigenvalue weighted by Gasteiger charge is -2.36. The quantitative estimate of drug-likeness (QED) is 0.285. The first kappa shape index (κ1) is 40.1. The Kier molecular flexibility index (Phi) is 10.5. The molecule has 290 valence electrons. The molecule has 18 heteroatoms. The fourth-order valence-electron chi connectivity index (χ4n) is 6.24. The molecule has 2 heterocycles. The van der Waals surface area contributed by atoms with E-state index in [-0.39, 0.29) is 41.1 Å². The summed E-state index contributed by atoms with van der Waals surface area (Å²) in [5.41, 5.74) is -5.00. The Morgan fingerprint density at radius 2 is 1.77 bits per heavy atom. The van der Waals surface area contributed by atoms with Crippen molar-refractivity contribution in [1.29, 1.82) is 0 Å². The summed E-state index contributed by atoms with van der Waals surface area (Å²) >= 11 is 6.22. The van der Waals surface area contributed by atoms with E-state index in [4.69, 9.17) is 21.1 Å². The monoisotopic (exact) mass is 785 g/mol. The van der Waals surface area contributed by atoms with E-state index in [0.29, 0.717) is 18.9 Å². The number of hydrogen-bond donors (Lipinski definition) is 3. The number of ether oxygens (including phenoxy) is 2. The van der Waals surface area contributed by atoms with Gasteiger partial charge < -0.3 is 25.0 Å². The first-order valence-corrected chi connectivity index (χ1v) is 18.9. The van der Waals surface area contributed by atoms with Gasteiger partial charge in [-0.05, 0) is 57.6 Å². The molecule has 3 N–H and O–H groups in total. The molecule has 3 aliphatic rings.